The number of hydrogen-bond donors (Lipinski definition) is 1. The van der Waals surface area contributed by atoms with Crippen LogP contribution >= 0.6 is 0 Å². The maximum Gasteiger partial charge on any atom is 0.124 e. The summed E-state index contributed by atoms with van der Waals surface area (Å²) in [6.07, 6.45) is 2.87. The average molecular weight is 153 g/mol. The van der Waals surface area contributed by atoms with Crippen molar-refractivity contribution >= 4 is 5.82 Å². The Morgan fingerprint density at radius 3 is 2.73 bits per heavy atom. The van der Waals surface area contributed by atoms with Crippen molar-refractivity contribution in [2.24, 2.45) is 0 Å². The number of nitrogen functional groups attached to an aromatic ring is 1. The van der Waals surface area contributed by atoms with E-state index in [1.165, 1.54) is 0 Å². The van der Waals surface area contributed by atoms with Crippen molar-refractivity contribution in [1.82, 2.24) is 9.78 Å². The van der Waals surface area contributed by atoms with Crippen molar-refractivity contribution in [3.05, 3.63) is 11.8 Å². The molecule has 11 heavy (non-hydrogen) atoms. The van der Waals surface area contributed by atoms with Gasteiger partial charge in [0.25, 0.3) is 0 Å². The van der Waals surface area contributed by atoms with Crippen LogP contribution in [0.15, 0.2) is 6.20 Å². The third-order valence-corrected chi connectivity index (χ3v) is 2.03. The van der Waals surface area contributed by atoms with Gasteiger partial charge < -0.3 is 5.73 Å². The molecule has 1 aromatic rings. The van der Waals surface area contributed by atoms with E-state index in [0.717, 1.165) is 17.8 Å². The number of hydrogen-bond acceptors (Lipinski definition) is 2. The molecule has 0 bridgehead atoms. The van der Waals surface area contributed by atoms with Gasteiger partial charge in [0.1, 0.15) is 5.82 Å². The first-order chi connectivity index (χ1) is 5.16. The van der Waals surface area contributed by atoms with Crippen molar-refractivity contribution in [2.75, 3.05) is 5.73 Å². The highest BCUT2D eigenvalue weighted by molar-refractivity contribution is 5.37. The average Bonchev–Trinajstić information content (AvgIpc) is 2.32. The van der Waals surface area contributed by atoms with Gasteiger partial charge in [-0.15, -0.1) is 0 Å². The third kappa shape index (κ3) is 1.37. The van der Waals surface area contributed by atoms with Gasteiger partial charge in [-0.25, -0.2) is 4.68 Å². The van der Waals surface area contributed by atoms with E-state index in [1.54, 1.807) is 0 Å². The fourth-order valence-electron chi connectivity index (χ4n) is 0.982. The molecule has 1 aromatic heterocycles. The largest absolute Gasteiger partial charge is 0.384 e. The summed E-state index contributed by atoms with van der Waals surface area (Å²) in [6, 6.07) is 0.406. The lowest BCUT2D eigenvalue weighted by molar-refractivity contribution is 0.484. The Labute approximate surface area is 67.2 Å². The van der Waals surface area contributed by atoms with Crippen LogP contribution in [0.3, 0.4) is 0 Å². The van der Waals surface area contributed by atoms with Crippen molar-refractivity contribution in [2.45, 2.75) is 33.2 Å². The van der Waals surface area contributed by atoms with Gasteiger partial charge in [0, 0.05) is 5.56 Å². The van der Waals surface area contributed by atoms with Crippen LogP contribution in [0, 0.1) is 6.92 Å². The van der Waals surface area contributed by atoms with Gasteiger partial charge >= 0.3 is 0 Å². The van der Waals surface area contributed by atoms with Crippen LogP contribution in [0.1, 0.15) is 31.9 Å². The lowest BCUT2D eigenvalue weighted by Gasteiger charge is -2.10. The second-order valence-electron chi connectivity index (χ2n) is 2.91. The summed E-state index contributed by atoms with van der Waals surface area (Å²) in [5.41, 5.74) is 6.84. The Bertz CT molecular complexity index is 239. The van der Waals surface area contributed by atoms with Gasteiger partial charge in [-0.3, -0.25) is 0 Å². The molecule has 3 nitrogen and oxygen atoms in total. The summed E-state index contributed by atoms with van der Waals surface area (Å²) >= 11 is 0. The number of nitrogens with two attached hydrogens (primary N) is 1. The van der Waals surface area contributed by atoms with Crippen molar-refractivity contribution in [3.8, 4) is 0 Å². The molecule has 0 aromatic carbocycles. The molecule has 1 unspecified atom stereocenters. The van der Waals surface area contributed by atoms with Crippen molar-refractivity contribution in [3.63, 3.8) is 0 Å². The summed E-state index contributed by atoms with van der Waals surface area (Å²) in [7, 11) is 0. The van der Waals surface area contributed by atoms with Crippen LogP contribution in [0.25, 0.3) is 0 Å². The number of aryl methyl sites for hydroxylation is 1. The minimum atomic E-state index is 0.406. The molecule has 2 N–H and O–H groups in total. The van der Waals surface area contributed by atoms with Crippen LogP contribution < -0.4 is 5.73 Å². The monoisotopic (exact) mass is 153 g/mol. The normalized spacial score (nSPS) is 13.4. The molecule has 0 spiro atoms. The maximum absolute atomic E-state index is 5.78. The van der Waals surface area contributed by atoms with Gasteiger partial charge in [0.15, 0.2) is 0 Å². The zero-order valence-electron chi connectivity index (χ0n) is 7.33. The van der Waals surface area contributed by atoms with E-state index in [-0.39, 0.29) is 0 Å². The standard InChI is InChI=1S/C8H15N3/c1-4-7(3)11-8(9)6(2)5-10-11/h5,7H,4,9H2,1-3H3. The summed E-state index contributed by atoms with van der Waals surface area (Å²) < 4.78 is 1.87. The highest BCUT2D eigenvalue weighted by Gasteiger charge is 2.07. The van der Waals surface area contributed by atoms with E-state index in [9.17, 15) is 0 Å². The molecular weight excluding hydrogens is 138 g/mol. The summed E-state index contributed by atoms with van der Waals surface area (Å²) in [5, 5.41) is 4.18. The molecule has 0 aliphatic rings. The highest BCUT2D eigenvalue weighted by atomic mass is 15.3. The van der Waals surface area contributed by atoms with Gasteiger partial charge in [0.2, 0.25) is 0 Å². The van der Waals surface area contributed by atoms with E-state index in [0.29, 0.717) is 6.04 Å². The molecule has 0 aliphatic heterocycles. The van der Waals surface area contributed by atoms with Crippen LogP contribution in [0.4, 0.5) is 5.82 Å². The second kappa shape index (κ2) is 2.95. The number of nitrogens with zero attached hydrogens (tertiary/aromatic N) is 2. The molecule has 62 valence electrons. The Balaban J connectivity index is 2.94. The highest BCUT2D eigenvalue weighted by Crippen LogP contribution is 2.16. The van der Waals surface area contributed by atoms with E-state index >= 15 is 0 Å². The third-order valence-electron chi connectivity index (χ3n) is 2.03. The molecule has 0 fully saturated rings. The zero-order valence-corrected chi connectivity index (χ0v) is 7.33. The first kappa shape index (κ1) is 8.11. The van der Waals surface area contributed by atoms with E-state index in [1.807, 2.05) is 17.8 Å². The Morgan fingerprint density at radius 2 is 2.36 bits per heavy atom. The SMILES string of the molecule is CCC(C)n1ncc(C)c1N. The number of anilines is 1. The molecule has 0 amide bonds. The van der Waals surface area contributed by atoms with Gasteiger partial charge in [-0.2, -0.15) is 5.10 Å². The van der Waals surface area contributed by atoms with Crippen molar-refractivity contribution < 1.29 is 0 Å². The van der Waals surface area contributed by atoms with Crippen LogP contribution in [-0.2, 0) is 0 Å². The number of aromatic nitrogens is 2. The molecule has 0 radical (unpaired) electrons. The topological polar surface area (TPSA) is 43.8 Å². The Hall–Kier alpha value is -0.990. The summed E-state index contributed by atoms with van der Waals surface area (Å²) in [6.45, 7) is 6.21. The van der Waals surface area contributed by atoms with E-state index < -0.39 is 0 Å². The smallest absolute Gasteiger partial charge is 0.124 e. The lowest BCUT2D eigenvalue weighted by atomic mass is 10.2. The van der Waals surface area contributed by atoms with Gasteiger partial charge in [-0.05, 0) is 20.3 Å². The first-order valence-electron chi connectivity index (χ1n) is 3.96. The second-order valence-corrected chi connectivity index (χ2v) is 2.91. The van der Waals surface area contributed by atoms with Crippen LogP contribution in [0.5, 0.6) is 0 Å². The van der Waals surface area contributed by atoms with Crippen molar-refractivity contribution in [1.29, 1.82) is 0 Å². The lowest BCUT2D eigenvalue weighted by Crippen LogP contribution is -2.09. The van der Waals surface area contributed by atoms with Gasteiger partial charge in [0.05, 0.1) is 12.2 Å². The maximum atomic E-state index is 5.78. The Kier molecular flexibility index (Phi) is 2.17. The predicted octanol–water partition coefficient (Wildman–Crippen LogP) is 1.74. The minimum absolute atomic E-state index is 0.406. The Morgan fingerprint density at radius 1 is 1.73 bits per heavy atom. The molecule has 3 heteroatoms. The van der Waals surface area contributed by atoms with E-state index in [2.05, 4.69) is 18.9 Å². The molecule has 1 heterocycles. The number of rotatable bonds is 2. The summed E-state index contributed by atoms with van der Waals surface area (Å²) in [5.74, 6) is 0.791. The zero-order chi connectivity index (χ0) is 8.43. The molecule has 1 rings (SSSR count). The molecule has 0 saturated carbocycles. The molecular formula is C8H15N3. The first-order valence-corrected chi connectivity index (χ1v) is 3.96. The molecule has 1 atom stereocenters. The fourth-order valence-corrected chi connectivity index (χ4v) is 0.982. The minimum Gasteiger partial charge on any atom is -0.384 e. The van der Waals surface area contributed by atoms with Crippen LogP contribution in [0.2, 0.25) is 0 Å². The summed E-state index contributed by atoms with van der Waals surface area (Å²) in [4.78, 5) is 0. The predicted molar refractivity (Wildman–Crippen MR) is 46.4 cm³/mol. The quantitative estimate of drug-likeness (QED) is 0.703. The molecule has 0 saturated heterocycles. The van der Waals surface area contributed by atoms with Gasteiger partial charge in [-0.1, -0.05) is 6.92 Å². The van der Waals surface area contributed by atoms with E-state index in [4.69, 9.17) is 5.73 Å². The fraction of sp³-hybridized carbons (Fsp3) is 0.625. The molecule has 0 aliphatic carbocycles. The van der Waals surface area contributed by atoms with Crippen LogP contribution in [-0.4, -0.2) is 9.78 Å².